The third kappa shape index (κ3) is 3.70. The van der Waals surface area contributed by atoms with Crippen molar-refractivity contribution < 1.29 is 9.59 Å². The Morgan fingerprint density at radius 3 is 2.52 bits per heavy atom. The zero-order chi connectivity index (χ0) is 16.8. The molecule has 7 heteroatoms. The third-order valence-electron chi connectivity index (χ3n) is 3.02. The van der Waals surface area contributed by atoms with Crippen LogP contribution in [0.5, 0.6) is 0 Å². The van der Waals surface area contributed by atoms with Crippen LogP contribution in [0.4, 0.5) is 0 Å². The highest BCUT2D eigenvalue weighted by Crippen LogP contribution is 2.12. The van der Waals surface area contributed by atoms with E-state index in [1.54, 1.807) is 42.5 Å². The maximum atomic E-state index is 12.2. The minimum absolute atomic E-state index is 0.0560. The lowest BCUT2D eigenvalue weighted by Gasteiger charge is -2.08. The topological polar surface area (TPSA) is 93.1 Å². The summed E-state index contributed by atoms with van der Waals surface area (Å²) in [5.41, 5.74) is 4.28. The van der Waals surface area contributed by atoms with Crippen LogP contribution in [0, 0.1) is 0 Å². The van der Waals surface area contributed by atoms with Crippen molar-refractivity contribution in [2.75, 3.05) is 0 Å². The van der Waals surface area contributed by atoms with Gasteiger partial charge in [0.25, 0.3) is 17.4 Å². The van der Waals surface area contributed by atoms with Crippen molar-refractivity contribution in [2.45, 2.75) is 6.92 Å². The van der Waals surface area contributed by atoms with Crippen LogP contribution < -0.4 is 16.4 Å². The van der Waals surface area contributed by atoms with Gasteiger partial charge in [0, 0.05) is 18.5 Å². The van der Waals surface area contributed by atoms with Crippen LogP contribution >= 0.6 is 0 Å². The van der Waals surface area contributed by atoms with Gasteiger partial charge in [-0.1, -0.05) is 36.4 Å². The molecule has 0 spiro atoms. The molecule has 0 saturated carbocycles. The molecule has 0 atom stereocenters. The summed E-state index contributed by atoms with van der Waals surface area (Å²) in [6.45, 7) is 1.82. The number of hydrogen-bond acceptors (Lipinski definition) is 4. The number of allylic oxidation sites excluding steroid dienone is 3. The van der Waals surface area contributed by atoms with Gasteiger partial charge in [0.05, 0.1) is 5.39 Å². The van der Waals surface area contributed by atoms with Crippen LogP contribution in [0.3, 0.4) is 0 Å². The van der Waals surface area contributed by atoms with Crippen molar-refractivity contribution in [3.8, 4) is 0 Å². The molecule has 0 fully saturated rings. The van der Waals surface area contributed by atoms with E-state index in [0.29, 0.717) is 10.8 Å². The summed E-state index contributed by atoms with van der Waals surface area (Å²) in [4.78, 5) is 35.7. The van der Waals surface area contributed by atoms with Gasteiger partial charge in [0.2, 0.25) is 0 Å². The number of hydrogen-bond donors (Lipinski definition) is 2. The highest BCUT2D eigenvalue weighted by molar-refractivity contribution is 6.05. The summed E-state index contributed by atoms with van der Waals surface area (Å²) < 4.78 is 1.09. The SMILES string of the molecule is CC=CC=CC(=O)NNC(=O)c1nn(C)c(=O)c2ccccc12. The van der Waals surface area contributed by atoms with Gasteiger partial charge in [-0.15, -0.1) is 0 Å². The molecule has 1 heterocycles. The molecule has 2 N–H and O–H groups in total. The van der Waals surface area contributed by atoms with Gasteiger partial charge in [-0.2, -0.15) is 5.10 Å². The second-order valence-electron chi connectivity index (χ2n) is 4.65. The number of rotatable bonds is 3. The normalized spacial score (nSPS) is 11.2. The van der Waals surface area contributed by atoms with E-state index in [1.807, 2.05) is 6.92 Å². The lowest BCUT2D eigenvalue weighted by molar-refractivity contribution is -0.117. The molecule has 7 nitrogen and oxygen atoms in total. The molecule has 0 radical (unpaired) electrons. The highest BCUT2D eigenvalue weighted by atomic mass is 16.2. The summed E-state index contributed by atoms with van der Waals surface area (Å²) in [6.07, 6.45) is 6.26. The van der Waals surface area contributed by atoms with Crippen LogP contribution in [-0.2, 0) is 11.8 Å². The number of nitrogens with one attached hydrogen (secondary N) is 2. The van der Waals surface area contributed by atoms with Gasteiger partial charge < -0.3 is 0 Å². The Labute approximate surface area is 132 Å². The summed E-state index contributed by atoms with van der Waals surface area (Å²) in [5, 5.41) is 4.77. The van der Waals surface area contributed by atoms with Crippen molar-refractivity contribution in [2.24, 2.45) is 7.05 Å². The fourth-order valence-corrected chi connectivity index (χ4v) is 1.94. The van der Waals surface area contributed by atoms with Crippen LogP contribution in [-0.4, -0.2) is 21.6 Å². The first-order valence-corrected chi connectivity index (χ1v) is 6.90. The minimum atomic E-state index is -0.607. The number of aromatic nitrogens is 2. The summed E-state index contributed by atoms with van der Waals surface area (Å²) >= 11 is 0. The van der Waals surface area contributed by atoms with Crippen molar-refractivity contribution in [3.05, 3.63) is 64.6 Å². The van der Waals surface area contributed by atoms with Crippen molar-refractivity contribution in [3.63, 3.8) is 0 Å². The first-order valence-electron chi connectivity index (χ1n) is 6.90. The van der Waals surface area contributed by atoms with E-state index < -0.39 is 11.8 Å². The van der Waals surface area contributed by atoms with E-state index in [0.717, 1.165) is 4.68 Å². The number of carbonyl (C=O) groups excluding carboxylic acids is 2. The first-order chi connectivity index (χ1) is 11.0. The molecule has 0 aliphatic carbocycles. The van der Waals surface area contributed by atoms with E-state index in [2.05, 4.69) is 16.0 Å². The quantitative estimate of drug-likeness (QED) is 0.499. The Kier molecular flexibility index (Phi) is 5.03. The van der Waals surface area contributed by atoms with Crippen molar-refractivity contribution in [1.82, 2.24) is 20.6 Å². The maximum Gasteiger partial charge on any atom is 0.290 e. The Morgan fingerprint density at radius 2 is 1.83 bits per heavy atom. The van der Waals surface area contributed by atoms with E-state index in [-0.39, 0.29) is 11.3 Å². The number of aryl methyl sites for hydroxylation is 1. The van der Waals surface area contributed by atoms with Gasteiger partial charge >= 0.3 is 0 Å². The molecule has 0 bridgehead atoms. The number of nitrogens with zero attached hydrogens (tertiary/aromatic N) is 2. The Bertz CT molecular complexity index is 865. The van der Waals surface area contributed by atoms with Gasteiger partial charge in [0.1, 0.15) is 0 Å². The molecule has 118 valence electrons. The number of hydrazine groups is 1. The molecule has 2 rings (SSSR count). The van der Waals surface area contributed by atoms with E-state index >= 15 is 0 Å². The van der Waals surface area contributed by atoms with E-state index in [9.17, 15) is 14.4 Å². The number of benzene rings is 1. The molecule has 0 aliphatic rings. The van der Waals surface area contributed by atoms with Crippen LogP contribution in [0.25, 0.3) is 10.8 Å². The molecular weight excluding hydrogens is 296 g/mol. The van der Waals surface area contributed by atoms with Gasteiger partial charge in [-0.05, 0) is 13.0 Å². The molecule has 1 aromatic heterocycles. The summed E-state index contributed by atoms with van der Waals surface area (Å²) in [7, 11) is 1.46. The highest BCUT2D eigenvalue weighted by Gasteiger charge is 2.15. The Morgan fingerprint density at radius 1 is 1.13 bits per heavy atom. The average molecular weight is 312 g/mol. The lowest BCUT2D eigenvalue weighted by atomic mass is 10.1. The largest absolute Gasteiger partial charge is 0.290 e. The van der Waals surface area contributed by atoms with Crippen LogP contribution in [0.1, 0.15) is 17.4 Å². The maximum absolute atomic E-state index is 12.2. The molecule has 0 aliphatic heterocycles. The average Bonchev–Trinajstić information content (AvgIpc) is 2.56. The van der Waals surface area contributed by atoms with E-state index in [4.69, 9.17) is 0 Å². The van der Waals surface area contributed by atoms with Crippen LogP contribution in [0.15, 0.2) is 53.4 Å². The number of fused-ring (bicyclic) bond motifs is 1. The fraction of sp³-hybridized carbons (Fsp3) is 0.125. The fourth-order valence-electron chi connectivity index (χ4n) is 1.94. The number of carbonyl (C=O) groups is 2. The molecule has 0 unspecified atom stereocenters. The zero-order valence-corrected chi connectivity index (χ0v) is 12.7. The second-order valence-corrected chi connectivity index (χ2v) is 4.65. The number of amides is 2. The van der Waals surface area contributed by atoms with Gasteiger partial charge in [0.15, 0.2) is 5.69 Å². The second kappa shape index (κ2) is 7.17. The monoisotopic (exact) mass is 312 g/mol. The lowest BCUT2D eigenvalue weighted by Crippen LogP contribution is -2.42. The van der Waals surface area contributed by atoms with Crippen molar-refractivity contribution in [1.29, 1.82) is 0 Å². The van der Waals surface area contributed by atoms with Crippen LogP contribution in [0.2, 0.25) is 0 Å². The Hall–Kier alpha value is -3.22. The Balaban J connectivity index is 2.24. The standard InChI is InChI=1S/C16H16N4O3/c1-3-4-5-10-13(21)17-18-15(22)14-11-8-6-7-9-12(11)16(23)20(2)19-14/h3-10H,1-2H3,(H,17,21)(H,18,22). The molecule has 2 amide bonds. The summed E-state index contributed by atoms with van der Waals surface area (Å²) in [6, 6.07) is 6.67. The molecule has 0 saturated heterocycles. The van der Waals surface area contributed by atoms with Gasteiger partial charge in [-0.3, -0.25) is 25.2 Å². The zero-order valence-electron chi connectivity index (χ0n) is 12.7. The minimum Gasteiger partial charge on any atom is -0.268 e. The third-order valence-corrected chi connectivity index (χ3v) is 3.02. The predicted octanol–water partition coefficient (Wildman–Crippen LogP) is 0.827. The smallest absolute Gasteiger partial charge is 0.268 e. The van der Waals surface area contributed by atoms with E-state index in [1.165, 1.54) is 13.1 Å². The van der Waals surface area contributed by atoms with Crippen molar-refractivity contribution >= 4 is 22.6 Å². The molecule has 23 heavy (non-hydrogen) atoms. The molecular formula is C16H16N4O3. The first kappa shape index (κ1) is 16.2. The summed E-state index contributed by atoms with van der Waals surface area (Å²) in [5.74, 6) is -1.09. The van der Waals surface area contributed by atoms with Gasteiger partial charge in [-0.25, -0.2) is 4.68 Å². The molecule has 2 aromatic rings. The predicted molar refractivity (Wildman–Crippen MR) is 86.5 cm³/mol. The molecule has 1 aromatic carbocycles.